The van der Waals surface area contributed by atoms with E-state index in [0.29, 0.717) is 49.3 Å². The number of rotatable bonds is 6. The van der Waals surface area contributed by atoms with E-state index >= 15 is 0 Å². The summed E-state index contributed by atoms with van der Waals surface area (Å²) in [6, 6.07) is 13.6. The first-order valence-corrected chi connectivity index (χ1v) is 11.5. The number of halogens is 2. The first-order valence-electron chi connectivity index (χ1n) is 11.5. The highest BCUT2D eigenvalue weighted by Gasteiger charge is 2.24. The number of anilines is 1. The highest BCUT2D eigenvalue weighted by Crippen LogP contribution is 2.25. The monoisotopic (exact) mass is 490 g/mol. The maximum atomic E-state index is 13.5. The average Bonchev–Trinajstić information content (AvgIpc) is 3.33. The Labute approximate surface area is 206 Å². The van der Waals surface area contributed by atoms with Gasteiger partial charge in [-0.05, 0) is 48.5 Å². The molecule has 1 fully saturated rings. The summed E-state index contributed by atoms with van der Waals surface area (Å²) in [5, 5.41) is 0. The molecule has 2 aromatic carbocycles. The van der Waals surface area contributed by atoms with Gasteiger partial charge in [-0.25, -0.2) is 23.7 Å². The van der Waals surface area contributed by atoms with Crippen molar-refractivity contribution in [3.63, 3.8) is 0 Å². The van der Waals surface area contributed by atoms with E-state index in [1.807, 2.05) is 39.9 Å². The maximum Gasteiger partial charge on any atom is 0.230 e. The number of piperazine rings is 1. The number of hydrogen-bond acceptors (Lipinski definition) is 6. The van der Waals surface area contributed by atoms with Crippen LogP contribution in [0.1, 0.15) is 5.82 Å². The zero-order chi connectivity index (χ0) is 25.1. The van der Waals surface area contributed by atoms with Gasteiger partial charge in [0.25, 0.3) is 0 Å². The zero-order valence-corrected chi connectivity index (χ0v) is 19.6. The molecule has 0 N–H and O–H groups in total. The number of carbonyl (C=O) groups is 1. The molecular weight excluding hydrogens is 466 g/mol. The van der Waals surface area contributed by atoms with Gasteiger partial charge in [-0.3, -0.25) is 4.79 Å². The van der Waals surface area contributed by atoms with Crippen LogP contribution in [0.25, 0.3) is 16.9 Å². The zero-order valence-electron chi connectivity index (χ0n) is 19.6. The van der Waals surface area contributed by atoms with E-state index in [9.17, 15) is 13.6 Å². The molecule has 5 rings (SSSR count). The summed E-state index contributed by atoms with van der Waals surface area (Å²) < 4.78 is 33.7. The van der Waals surface area contributed by atoms with Gasteiger partial charge in [-0.15, -0.1) is 0 Å². The quantitative estimate of drug-likeness (QED) is 0.412. The van der Waals surface area contributed by atoms with Gasteiger partial charge < -0.3 is 19.1 Å². The number of ether oxygens (including phenoxy) is 1. The molecule has 8 nitrogen and oxygen atoms in total. The van der Waals surface area contributed by atoms with E-state index in [4.69, 9.17) is 9.72 Å². The molecule has 184 valence electrons. The number of hydrogen-bond donors (Lipinski definition) is 0. The van der Waals surface area contributed by atoms with Crippen LogP contribution in [0.2, 0.25) is 0 Å². The Kier molecular flexibility index (Phi) is 6.57. The molecular formula is C26H24F2N6O2. The smallest absolute Gasteiger partial charge is 0.230 e. The van der Waals surface area contributed by atoms with Gasteiger partial charge in [-0.2, -0.15) is 0 Å². The van der Waals surface area contributed by atoms with Crippen LogP contribution >= 0.6 is 0 Å². The fourth-order valence-corrected chi connectivity index (χ4v) is 4.14. The molecule has 1 amide bonds. The van der Waals surface area contributed by atoms with Crippen LogP contribution < -0.4 is 9.64 Å². The minimum absolute atomic E-state index is 0.0649. The molecule has 0 aliphatic carbocycles. The second kappa shape index (κ2) is 10.1. The van der Waals surface area contributed by atoms with E-state index in [-0.39, 0.29) is 18.1 Å². The van der Waals surface area contributed by atoms with Crippen molar-refractivity contribution in [1.82, 2.24) is 24.4 Å². The van der Waals surface area contributed by atoms with Crippen LogP contribution in [-0.4, -0.2) is 63.6 Å². The van der Waals surface area contributed by atoms with Crippen LogP contribution in [0.5, 0.6) is 5.75 Å². The Hall–Kier alpha value is -4.34. The lowest BCUT2D eigenvalue weighted by Gasteiger charge is -2.34. The summed E-state index contributed by atoms with van der Waals surface area (Å²) in [6.45, 7) is 2.06. The molecule has 10 heteroatoms. The van der Waals surface area contributed by atoms with Crippen LogP contribution in [0, 0.1) is 11.6 Å². The predicted octanol–water partition coefficient (Wildman–Crippen LogP) is 3.51. The molecule has 0 unspecified atom stereocenters. The Bertz CT molecular complexity index is 1330. The van der Waals surface area contributed by atoms with Crippen molar-refractivity contribution >= 4 is 11.9 Å². The van der Waals surface area contributed by atoms with Crippen LogP contribution in [0.3, 0.4) is 0 Å². The molecule has 1 aliphatic heterocycles. The molecule has 36 heavy (non-hydrogen) atoms. The van der Waals surface area contributed by atoms with E-state index < -0.39 is 5.82 Å². The van der Waals surface area contributed by atoms with Crippen molar-refractivity contribution in [3.8, 4) is 22.7 Å². The number of methoxy groups -OCH3 is 1. The van der Waals surface area contributed by atoms with Gasteiger partial charge in [0.15, 0.2) is 5.82 Å². The van der Waals surface area contributed by atoms with Crippen molar-refractivity contribution in [2.75, 3.05) is 38.2 Å². The highest BCUT2D eigenvalue weighted by atomic mass is 19.1. The van der Waals surface area contributed by atoms with Crippen LogP contribution in [0.4, 0.5) is 14.7 Å². The lowest BCUT2D eigenvalue weighted by atomic mass is 10.1. The highest BCUT2D eigenvalue weighted by molar-refractivity contribution is 5.79. The number of nitrogens with zero attached hydrogens (tertiary/aromatic N) is 6. The third-order valence-corrected chi connectivity index (χ3v) is 6.10. The number of carbonyl (C=O) groups excluding carboxylic acids is 1. The lowest BCUT2D eigenvalue weighted by Crippen LogP contribution is -2.49. The number of amides is 1. The van der Waals surface area contributed by atoms with Crippen LogP contribution in [-0.2, 0) is 11.2 Å². The Morgan fingerprint density at radius 1 is 0.917 bits per heavy atom. The largest absolute Gasteiger partial charge is 0.497 e. The van der Waals surface area contributed by atoms with Gasteiger partial charge in [0.1, 0.15) is 17.4 Å². The molecule has 2 aromatic heterocycles. The summed E-state index contributed by atoms with van der Waals surface area (Å²) >= 11 is 0. The first kappa shape index (κ1) is 23.4. The van der Waals surface area contributed by atoms with E-state index in [2.05, 4.69) is 9.97 Å². The van der Waals surface area contributed by atoms with Crippen molar-refractivity contribution in [2.24, 2.45) is 0 Å². The summed E-state index contributed by atoms with van der Waals surface area (Å²) in [4.78, 5) is 29.7. The summed E-state index contributed by atoms with van der Waals surface area (Å²) in [5.74, 6) is 0.844. The molecule has 0 spiro atoms. The minimum Gasteiger partial charge on any atom is -0.497 e. The van der Waals surface area contributed by atoms with E-state index in [1.165, 1.54) is 12.1 Å². The number of imidazole rings is 1. The van der Waals surface area contributed by atoms with Crippen molar-refractivity contribution in [1.29, 1.82) is 0 Å². The predicted molar refractivity (Wildman–Crippen MR) is 130 cm³/mol. The van der Waals surface area contributed by atoms with E-state index in [0.717, 1.165) is 23.7 Å². The molecule has 0 radical (unpaired) electrons. The van der Waals surface area contributed by atoms with Crippen molar-refractivity contribution < 1.29 is 18.3 Å². The molecule has 0 atom stereocenters. The minimum atomic E-state index is -0.488. The van der Waals surface area contributed by atoms with Crippen molar-refractivity contribution in [3.05, 3.63) is 84.6 Å². The Balaban J connectivity index is 1.35. The molecule has 3 heterocycles. The Morgan fingerprint density at radius 3 is 2.22 bits per heavy atom. The molecule has 0 saturated carbocycles. The van der Waals surface area contributed by atoms with Gasteiger partial charge in [-0.1, -0.05) is 0 Å². The lowest BCUT2D eigenvalue weighted by molar-refractivity contribution is -0.130. The number of aromatic nitrogens is 4. The van der Waals surface area contributed by atoms with Gasteiger partial charge in [0.2, 0.25) is 11.9 Å². The SMILES string of the molecule is COc1ccc(-c2cn(-c3ccc(F)cc3)c(CC(=O)N3CCN(c4ncc(F)cn4)CC3)n2)cc1. The van der Waals surface area contributed by atoms with Gasteiger partial charge in [0, 0.05) is 43.6 Å². The topological polar surface area (TPSA) is 76.4 Å². The summed E-state index contributed by atoms with van der Waals surface area (Å²) in [5.41, 5.74) is 2.28. The molecule has 1 saturated heterocycles. The Morgan fingerprint density at radius 2 is 1.58 bits per heavy atom. The second-order valence-corrected chi connectivity index (χ2v) is 8.36. The summed E-state index contributed by atoms with van der Waals surface area (Å²) in [6.07, 6.45) is 4.20. The van der Waals surface area contributed by atoms with Gasteiger partial charge >= 0.3 is 0 Å². The average molecular weight is 491 g/mol. The fourth-order valence-electron chi connectivity index (χ4n) is 4.14. The standard InChI is InChI=1S/C26H24F2N6O2/c1-36-22-8-2-18(3-9-22)23-17-34(21-6-4-19(27)5-7-21)24(31-23)14-25(35)32-10-12-33(13-11-32)26-29-15-20(28)16-30-26/h2-9,15-17H,10-14H2,1H3. The summed E-state index contributed by atoms with van der Waals surface area (Å²) in [7, 11) is 1.61. The third-order valence-electron chi connectivity index (χ3n) is 6.10. The first-order chi connectivity index (χ1) is 17.5. The van der Waals surface area contributed by atoms with E-state index in [1.54, 1.807) is 24.1 Å². The second-order valence-electron chi connectivity index (χ2n) is 8.36. The maximum absolute atomic E-state index is 13.5. The normalized spacial score (nSPS) is 13.6. The number of benzene rings is 2. The van der Waals surface area contributed by atoms with Crippen LogP contribution in [0.15, 0.2) is 67.1 Å². The molecule has 1 aliphatic rings. The third kappa shape index (κ3) is 5.02. The fraction of sp³-hybridized carbons (Fsp3) is 0.231. The molecule has 4 aromatic rings. The van der Waals surface area contributed by atoms with Gasteiger partial charge in [0.05, 0.1) is 31.6 Å². The van der Waals surface area contributed by atoms with Crippen molar-refractivity contribution in [2.45, 2.75) is 6.42 Å². The molecule has 0 bridgehead atoms.